The van der Waals surface area contributed by atoms with E-state index in [1.807, 2.05) is 11.4 Å². The van der Waals surface area contributed by atoms with Gasteiger partial charge >= 0.3 is 11.7 Å². The molecule has 2 heterocycles. The molecule has 0 atom stereocenters. The number of aliphatic carboxylic acids is 1. The van der Waals surface area contributed by atoms with Gasteiger partial charge in [-0.1, -0.05) is 0 Å². The summed E-state index contributed by atoms with van der Waals surface area (Å²) in [5.74, 6) is -0.983. The zero-order valence-electron chi connectivity index (χ0n) is 8.66. The number of nitrogens with one attached hydrogen (secondary N) is 1. The van der Waals surface area contributed by atoms with Crippen molar-refractivity contribution in [3.05, 3.63) is 44.8 Å². The molecule has 2 N–H and O–H groups in total. The van der Waals surface area contributed by atoms with Crippen molar-refractivity contribution in [3.8, 4) is 0 Å². The Labute approximate surface area is 99.8 Å². The average Bonchev–Trinajstić information content (AvgIpc) is 2.87. The zero-order chi connectivity index (χ0) is 12.3. The number of aromatic nitrogens is 3. The summed E-state index contributed by atoms with van der Waals surface area (Å²) in [6.07, 6.45) is 4.02. The topological polar surface area (TPSA) is 88.0 Å². The molecule has 0 aliphatic heterocycles. The summed E-state index contributed by atoms with van der Waals surface area (Å²) < 4.78 is 1.44. The molecule has 2 rings (SSSR count). The second-order valence-corrected chi connectivity index (χ2v) is 4.30. The highest BCUT2D eigenvalue weighted by atomic mass is 32.1. The Morgan fingerprint density at radius 2 is 2.47 bits per heavy atom. The van der Waals surface area contributed by atoms with Crippen LogP contribution in [-0.4, -0.2) is 25.8 Å². The van der Waals surface area contributed by atoms with Crippen LogP contribution in [0.15, 0.2) is 28.6 Å². The SMILES string of the molecule is O=C(O)/C=C/c1csc(Cn2cn[nH]c2=O)c1. The van der Waals surface area contributed by atoms with Crippen LogP contribution in [0.2, 0.25) is 0 Å². The quantitative estimate of drug-likeness (QED) is 0.786. The van der Waals surface area contributed by atoms with E-state index >= 15 is 0 Å². The van der Waals surface area contributed by atoms with Gasteiger partial charge in [0.05, 0.1) is 6.54 Å². The summed E-state index contributed by atoms with van der Waals surface area (Å²) in [7, 11) is 0. The Bertz CT molecular complexity index is 608. The van der Waals surface area contributed by atoms with E-state index in [9.17, 15) is 9.59 Å². The predicted molar refractivity (Wildman–Crippen MR) is 62.9 cm³/mol. The van der Waals surface area contributed by atoms with Crippen LogP contribution in [0.4, 0.5) is 0 Å². The lowest BCUT2D eigenvalue weighted by Crippen LogP contribution is -2.16. The summed E-state index contributed by atoms with van der Waals surface area (Å²) >= 11 is 1.46. The van der Waals surface area contributed by atoms with Crippen molar-refractivity contribution >= 4 is 23.4 Å². The molecular formula is C10H9N3O3S. The van der Waals surface area contributed by atoms with Crippen LogP contribution >= 0.6 is 11.3 Å². The van der Waals surface area contributed by atoms with Gasteiger partial charge in [0.1, 0.15) is 6.33 Å². The van der Waals surface area contributed by atoms with Gasteiger partial charge in [0.15, 0.2) is 0 Å². The first kappa shape index (κ1) is 11.3. The van der Waals surface area contributed by atoms with Gasteiger partial charge in [-0.3, -0.25) is 4.57 Å². The van der Waals surface area contributed by atoms with Gasteiger partial charge in [0.25, 0.3) is 0 Å². The maximum Gasteiger partial charge on any atom is 0.343 e. The lowest BCUT2D eigenvalue weighted by atomic mass is 10.3. The molecule has 0 aromatic carbocycles. The average molecular weight is 251 g/mol. The molecular weight excluding hydrogens is 242 g/mol. The minimum absolute atomic E-state index is 0.263. The Morgan fingerprint density at radius 3 is 3.12 bits per heavy atom. The van der Waals surface area contributed by atoms with E-state index < -0.39 is 5.97 Å². The molecule has 6 nitrogen and oxygen atoms in total. The van der Waals surface area contributed by atoms with Crippen LogP contribution in [0.25, 0.3) is 6.08 Å². The third kappa shape index (κ3) is 2.91. The Hall–Kier alpha value is -2.15. The zero-order valence-corrected chi connectivity index (χ0v) is 9.48. The van der Waals surface area contributed by atoms with Gasteiger partial charge in [-0.05, 0) is 23.1 Å². The van der Waals surface area contributed by atoms with Gasteiger partial charge in [-0.25, -0.2) is 14.7 Å². The molecule has 0 bridgehead atoms. The number of rotatable bonds is 4. The summed E-state index contributed by atoms with van der Waals surface area (Å²) in [6.45, 7) is 0.431. The molecule has 0 saturated heterocycles. The number of aromatic amines is 1. The van der Waals surface area contributed by atoms with Gasteiger partial charge in [0.2, 0.25) is 0 Å². The van der Waals surface area contributed by atoms with Crippen LogP contribution in [0, 0.1) is 0 Å². The largest absolute Gasteiger partial charge is 0.478 e. The fourth-order valence-corrected chi connectivity index (χ4v) is 2.14. The fraction of sp³-hybridized carbons (Fsp3) is 0.100. The molecule has 0 radical (unpaired) electrons. The van der Waals surface area contributed by atoms with E-state index in [1.54, 1.807) is 0 Å². The van der Waals surface area contributed by atoms with Crippen LogP contribution in [-0.2, 0) is 11.3 Å². The van der Waals surface area contributed by atoms with Crippen molar-refractivity contribution in [3.63, 3.8) is 0 Å². The number of hydrogen-bond acceptors (Lipinski definition) is 4. The second-order valence-electron chi connectivity index (χ2n) is 3.31. The van der Waals surface area contributed by atoms with Crippen molar-refractivity contribution in [1.82, 2.24) is 14.8 Å². The summed E-state index contributed by atoms with van der Waals surface area (Å²) in [5, 5.41) is 16.2. The molecule has 0 aliphatic rings. The first-order valence-electron chi connectivity index (χ1n) is 4.73. The summed E-state index contributed by atoms with van der Waals surface area (Å²) in [4.78, 5) is 22.5. The van der Waals surface area contributed by atoms with E-state index in [0.29, 0.717) is 6.54 Å². The van der Waals surface area contributed by atoms with Gasteiger partial charge in [0, 0.05) is 11.0 Å². The highest BCUT2D eigenvalue weighted by molar-refractivity contribution is 7.10. The molecule has 2 aromatic heterocycles. The Kier molecular flexibility index (Phi) is 3.20. The molecule has 0 fully saturated rings. The monoisotopic (exact) mass is 251 g/mol. The van der Waals surface area contributed by atoms with Crippen LogP contribution < -0.4 is 5.69 Å². The number of carboxylic acid groups (broad SMARTS) is 1. The normalized spacial score (nSPS) is 11.1. The first-order chi connectivity index (χ1) is 8.15. The molecule has 0 amide bonds. The summed E-state index contributed by atoms with van der Waals surface area (Å²) in [5.41, 5.74) is 0.546. The number of thiophene rings is 1. The van der Waals surface area contributed by atoms with Crippen molar-refractivity contribution in [2.75, 3.05) is 0 Å². The molecule has 17 heavy (non-hydrogen) atoms. The molecule has 0 spiro atoms. The Balaban J connectivity index is 2.11. The van der Waals surface area contributed by atoms with Gasteiger partial charge < -0.3 is 5.11 Å². The van der Waals surface area contributed by atoms with Crippen molar-refractivity contribution < 1.29 is 9.90 Å². The predicted octanol–water partition coefficient (Wildman–Crippen LogP) is 0.779. The number of nitrogens with zero attached hydrogens (tertiary/aromatic N) is 2. The van der Waals surface area contributed by atoms with Crippen molar-refractivity contribution in [2.24, 2.45) is 0 Å². The highest BCUT2D eigenvalue weighted by Gasteiger charge is 2.02. The number of carboxylic acids is 1. The maximum atomic E-state index is 11.2. The molecule has 0 saturated carbocycles. The van der Waals surface area contributed by atoms with E-state index in [1.165, 1.54) is 28.3 Å². The molecule has 7 heteroatoms. The van der Waals surface area contributed by atoms with Gasteiger partial charge in [-0.2, -0.15) is 5.10 Å². The minimum Gasteiger partial charge on any atom is -0.478 e. The second kappa shape index (κ2) is 4.79. The lowest BCUT2D eigenvalue weighted by molar-refractivity contribution is -0.131. The van der Waals surface area contributed by atoms with Crippen LogP contribution in [0.3, 0.4) is 0 Å². The number of carbonyl (C=O) groups is 1. The first-order valence-corrected chi connectivity index (χ1v) is 5.61. The molecule has 2 aromatic rings. The third-order valence-electron chi connectivity index (χ3n) is 2.04. The highest BCUT2D eigenvalue weighted by Crippen LogP contribution is 2.16. The number of H-pyrrole nitrogens is 1. The smallest absolute Gasteiger partial charge is 0.343 e. The minimum atomic E-state index is -0.983. The lowest BCUT2D eigenvalue weighted by Gasteiger charge is -1.94. The van der Waals surface area contributed by atoms with E-state index in [2.05, 4.69) is 10.2 Å². The Morgan fingerprint density at radius 1 is 1.65 bits per heavy atom. The fourth-order valence-electron chi connectivity index (χ4n) is 1.29. The standard InChI is InChI=1S/C10H9N3O3S/c14-9(15)2-1-7-3-8(17-5-7)4-13-6-11-12-10(13)16/h1-3,5-6H,4H2,(H,12,16)(H,14,15)/b2-1+. The van der Waals surface area contributed by atoms with Crippen LogP contribution in [0.1, 0.15) is 10.4 Å². The number of hydrogen-bond donors (Lipinski definition) is 2. The summed E-state index contributed by atoms with van der Waals surface area (Å²) in [6, 6.07) is 1.84. The van der Waals surface area contributed by atoms with E-state index in [-0.39, 0.29) is 5.69 Å². The molecule has 88 valence electrons. The van der Waals surface area contributed by atoms with Crippen molar-refractivity contribution in [2.45, 2.75) is 6.54 Å². The maximum absolute atomic E-state index is 11.2. The molecule has 0 unspecified atom stereocenters. The van der Waals surface area contributed by atoms with E-state index in [4.69, 9.17) is 5.11 Å². The third-order valence-corrected chi connectivity index (χ3v) is 2.98. The van der Waals surface area contributed by atoms with Crippen LogP contribution in [0.5, 0.6) is 0 Å². The van der Waals surface area contributed by atoms with Gasteiger partial charge in [-0.15, -0.1) is 11.3 Å². The van der Waals surface area contributed by atoms with Crippen molar-refractivity contribution in [1.29, 1.82) is 0 Å². The van der Waals surface area contributed by atoms with E-state index in [0.717, 1.165) is 16.5 Å². The molecule has 0 aliphatic carbocycles.